The Morgan fingerprint density at radius 3 is 2.48 bits per heavy atom. The van der Waals surface area contributed by atoms with Crippen molar-refractivity contribution in [2.75, 3.05) is 11.9 Å². The number of carbonyl (C=O) groups excluding carboxylic acids is 3. The number of amides is 2. The monoisotopic (exact) mass is 397 g/mol. The maximum Gasteiger partial charge on any atom is 0.336 e. The Balaban J connectivity index is 2.11. The number of Topliss-reactive ketones (excluding diaryl/α,β-unsaturated/α-hetero) is 1. The van der Waals surface area contributed by atoms with E-state index in [4.69, 9.17) is 10.5 Å². The van der Waals surface area contributed by atoms with Crippen molar-refractivity contribution in [3.8, 4) is 0 Å². The number of hydrogen-bond donors (Lipinski definition) is 3. The second-order valence-corrected chi connectivity index (χ2v) is 8.26. The lowest BCUT2D eigenvalue weighted by Crippen LogP contribution is -2.38. The van der Waals surface area contributed by atoms with Gasteiger partial charge >= 0.3 is 12.0 Å². The molecule has 7 nitrogen and oxygen atoms in total. The molecule has 0 fully saturated rings. The van der Waals surface area contributed by atoms with Gasteiger partial charge in [-0.2, -0.15) is 0 Å². The number of esters is 1. The first kappa shape index (κ1) is 20.6. The fourth-order valence-corrected chi connectivity index (χ4v) is 4.15. The first-order valence-corrected chi connectivity index (χ1v) is 9.70. The van der Waals surface area contributed by atoms with Crippen LogP contribution < -0.4 is 16.4 Å². The zero-order chi connectivity index (χ0) is 21.3. The summed E-state index contributed by atoms with van der Waals surface area (Å²) >= 11 is 0. The SMILES string of the molecule is CCOC(=O)C1=C(C)NC2=C(C(=O)CC(C)(C)C2)C1c1ccc(NC(N)=O)cc1. The van der Waals surface area contributed by atoms with Crippen molar-refractivity contribution in [3.05, 3.63) is 52.4 Å². The van der Waals surface area contributed by atoms with Gasteiger partial charge in [0.25, 0.3) is 0 Å². The lowest BCUT2D eigenvalue weighted by Gasteiger charge is -2.39. The minimum atomic E-state index is -0.655. The maximum absolute atomic E-state index is 13.1. The van der Waals surface area contributed by atoms with Crippen molar-refractivity contribution in [3.63, 3.8) is 0 Å². The summed E-state index contributed by atoms with van der Waals surface area (Å²) in [6.45, 7) is 7.96. The highest BCUT2D eigenvalue weighted by atomic mass is 16.5. The van der Waals surface area contributed by atoms with E-state index in [1.165, 1.54) is 0 Å². The van der Waals surface area contributed by atoms with Crippen molar-refractivity contribution in [1.29, 1.82) is 0 Å². The molecule has 1 aliphatic carbocycles. The number of benzene rings is 1. The topological polar surface area (TPSA) is 111 Å². The molecular weight excluding hydrogens is 370 g/mol. The van der Waals surface area contributed by atoms with E-state index < -0.39 is 17.9 Å². The van der Waals surface area contributed by atoms with E-state index in [9.17, 15) is 14.4 Å². The zero-order valence-corrected chi connectivity index (χ0v) is 17.2. The largest absolute Gasteiger partial charge is 0.463 e. The number of ether oxygens (including phenoxy) is 1. The van der Waals surface area contributed by atoms with Crippen LogP contribution in [-0.2, 0) is 14.3 Å². The first-order valence-electron chi connectivity index (χ1n) is 9.70. The van der Waals surface area contributed by atoms with E-state index in [-0.39, 0.29) is 17.8 Å². The lowest BCUT2D eigenvalue weighted by atomic mass is 9.68. The number of urea groups is 1. The molecule has 7 heteroatoms. The molecule has 1 unspecified atom stereocenters. The number of ketones is 1. The fraction of sp³-hybridized carbons (Fsp3) is 0.409. The Bertz CT molecular complexity index is 926. The summed E-state index contributed by atoms with van der Waals surface area (Å²) in [6.07, 6.45) is 1.14. The second-order valence-electron chi connectivity index (χ2n) is 8.26. The number of nitrogens with two attached hydrogens (primary N) is 1. The normalized spacial score (nSPS) is 20.7. The number of carbonyl (C=O) groups is 3. The zero-order valence-electron chi connectivity index (χ0n) is 17.2. The highest BCUT2D eigenvalue weighted by Crippen LogP contribution is 2.46. The molecule has 1 aromatic carbocycles. The van der Waals surface area contributed by atoms with Crippen LogP contribution in [0.3, 0.4) is 0 Å². The van der Waals surface area contributed by atoms with E-state index in [0.29, 0.717) is 29.0 Å². The second kappa shape index (κ2) is 7.73. The highest BCUT2D eigenvalue weighted by molar-refractivity contribution is 6.04. The molecule has 0 aromatic heterocycles. The van der Waals surface area contributed by atoms with Crippen LogP contribution in [0.2, 0.25) is 0 Å². The molecule has 1 atom stereocenters. The van der Waals surface area contributed by atoms with Gasteiger partial charge in [-0.1, -0.05) is 26.0 Å². The predicted molar refractivity (Wildman–Crippen MR) is 110 cm³/mol. The van der Waals surface area contributed by atoms with Crippen LogP contribution in [0.25, 0.3) is 0 Å². The van der Waals surface area contributed by atoms with Gasteiger partial charge in [0.1, 0.15) is 0 Å². The van der Waals surface area contributed by atoms with Crippen LogP contribution in [0, 0.1) is 5.41 Å². The summed E-state index contributed by atoms with van der Waals surface area (Å²) < 4.78 is 5.29. The molecule has 2 aliphatic rings. The minimum absolute atomic E-state index is 0.0300. The van der Waals surface area contributed by atoms with E-state index in [1.54, 1.807) is 31.2 Å². The maximum atomic E-state index is 13.1. The molecule has 1 aliphatic heterocycles. The van der Waals surface area contributed by atoms with Crippen molar-refractivity contribution < 1.29 is 19.1 Å². The standard InChI is InChI=1S/C22H27N3O4/c1-5-29-20(27)17-12(2)24-15-10-22(3,4)11-16(26)19(15)18(17)13-6-8-14(9-7-13)25-21(23)28/h6-9,18,24H,5,10-11H2,1-4H3,(H3,23,25,28). The third-order valence-corrected chi connectivity index (χ3v) is 5.25. The molecule has 154 valence electrons. The van der Waals surface area contributed by atoms with Gasteiger partial charge in [0, 0.05) is 35.0 Å². The average molecular weight is 397 g/mol. The summed E-state index contributed by atoms with van der Waals surface area (Å²) in [4.78, 5) is 37.0. The quantitative estimate of drug-likeness (QED) is 0.675. The van der Waals surface area contributed by atoms with Gasteiger partial charge in [0.05, 0.1) is 12.2 Å². The molecule has 4 N–H and O–H groups in total. The predicted octanol–water partition coefficient (Wildman–Crippen LogP) is 3.34. The minimum Gasteiger partial charge on any atom is -0.463 e. The number of nitrogens with one attached hydrogen (secondary N) is 2. The van der Waals surface area contributed by atoms with Crippen LogP contribution in [-0.4, -0.2) is 24.4 Å². The highest BCUT2D eigenvalue weighted by Gasteiger charge is 2.43. The Kier molecular flexibility index (Phi) is 5.50. The van der Waals surface area contributed by atoms with Crippen molar-refractivity contribution in [2.24, 2.45) is 11.1 Å². The molecule has 3 rings (SSSR count). The molecule has 0 bridgehead atoms. The lowest BCUT2D eigenvalue weighted by molar-refractivity contribution is -0.138. The molecule has 29 heavy (non-hydrogen) atoms. The van der Waals surface area contributed by atoms with Crippen molar-refractivity contribution >= 4 is 23.5 Å². The van der Waals surface area contributed by atoms with E-state index in [0.717, 1.165) is 17.7 Å². The van der Waals surface area contributed by atoms with Gasteiger partial charge in [-0.3, -0.25) is 4.79 Å². The van der Waals surface area contributed by atoms with Crippen molar-refractivity contribution in [1.82, 2.24) is 5.32 Å². The van der Waals surface area contributed by atoms with Crippen molar-refractivity contribution in [2.45, 2.75) is 46.5 Å². The van der Waals surface area contributed by atoms with E-state index in [1.807, 2.05) is 6.92 Å². The van der Waals surface area contributed by atoms with Gasteiger partial charge < -0.3 is 21.1 Å². The van der Waals surface area contributed by atoms with Gasteiger partial charge in [-0.15, -0.1) is 0 Å². The molecule has 0 saturated carbocycles. The summed E-state index contributed by atoms with van der Waals surface area (Å²) in [5.41, 5.74) is 8.96. The summed E-state index contributed by atoms with van der Waals surface area (Å²) in [5.74, 6) is -0.926. The fourth-order valence-electron chi connectivity index (χ4n) is 4.15. The number of allylic oxidation sites excluding steroid dienone is 3. The number of rotatable bonds is 4. The third-order valence-electron chi connectivity index (χ3n) is 5.25. The molecule has 0 radical (unpaired) electrons. The van der Waals surface area contributed by atoms with Crippen LogP contribution in [0.15, 0.2) is 46.8 Å². The molecule has 1 heterocycles. The van der Waals surface area contributed by atoms with Crippen LogP contribution in [0.5, 0.6) is 0 Å². The Hall–Kier alpha value is -3.09. The smallest absolute Gasteiger partial charge is 0.336 e. The number of dihydropyridines is 1. The first-order chi connectivity index (χ1) is 13.6. The molecule has 2 amide bonds. The van der Waals surface area contributed by atoms with E-state index >= 15 is 0 Å². The molecular formula is C22H27N3O4. The van der Waals surface area contributed by atoms with Gasteiger partial charge in [-0.25, -0.2) is 9.59 Å². The van der Waals surface area contributed by atoms with E-state index in [2.05, 4.69) is 24.5 Å². The summed E-state index contributed by atoms with van der Waals surface area (Å²) in [5, 5.41) is 5.81. The molecule has 0 saturated heterocycles. The Labute approximate surface area is 170 Å². The summed E-state index contributed by atoms with van der Waals surface area (Å²) in [7, 11) is 0. The summed E-state index contributed by atoms with van der Waals surface area (Å²) in [6, 6.07) is 6.35. The molecule has 1 aromatic rings. The number of primary amides is 1. The average Bonchev–Trinajstić information content (AvgIpc) is 2.59. The Morgan fingerprint density at radius 1 is 1.24 bits per heavy atom. The van der Waals surface area contributed by atoms with Crippen LogP contribution in [0.4, 0.5) is 10.5 Å². The Morgan fingerprint density at radius 2 is 1.90 bits per heavy atom. The van der Waals surface area contributed by atoms with Crippen LogP contribution in [0.1, 0.15) is 52.0 Å². The van der Waals surface area contributed by atoms with Gasteiger partial charge in [-0.05, 0) is 43.4 Å². The van der Waals surface area contributed by atoms with Crippen LogP contribution >= 0.6 is 0 Å². The molecule has 0 spiro atoms. The third kappa shape index (κ3) is 4.18. The van der Waals surface area contributed by atoms with Gasteiger partial charge in [0.15, 0.2) is 5.78 Å². The number of hydrogen-bond acceptors (Lipinski definition) is 5. The number of anilines is 1. The van der Waals surface area contributed by atoms with Gasteiger partial charge in [0.2, 0.25) is 0 Å².